The molecule has 5 rings (SSSR count). The van der Waals surface area contributed by atoms with Crippen molar-refractivity contribution in [3.8, 4) is 0 Å². The lowest BCUT2D eigenvalue weighted by Gasteiger charge is -2.39. The van der Waals surface area contributed by atoms with Gasteiger partial charge in [0.1, 0.15) is 23.2 Å². The van der Waals surface area contributed by atoms with E-state index in [1.165, 1.54) is 30.5 Å². The van der Waals surface area contributed by atoms with Crippen LogP contribution in [0.15, 0.2) is 59.9 Å². The van der Waals surface area contributed by atoms with E-state index < -0.39 is 17.8 Å². The third kappa shape index (κ3) is 3.89. The largest absolute Gasteiger partial charge is 0.343 e. The first kappa shape index (κ1) is 22.6. The lowest BCUT2D eigenvalue weighted by atomic mass is 9.73. The number of nitrogens with one attached hydrogen (secondary N) is 2. The predicted molar refractivity (Wildman–Crippen MR) is 130 cm³/mol. The zero-order valence-electron chi connectivity index (χ0n) is 18.5. The summed E-state index contributed by atoms with van der Waals surface area (Å²) in [6.07, 6.45) is 2.42. The molecule has 0 radical (unpaired) electrons. The fourth-order valence-electron chi connectivity index (χ4n) is 4.65. The van der Waals surface area contributed by atoms with Crippen LogP contribution < -0.4 is 10.6 Å². The Hall–Kier alpha value is -3.16. The highest BCUT2D eigenvalue weighted by Gasteiger charge is 2.43. The fraction of sp³-hybridized carbons (Fsp3) is 0.240. The lowest BCUT2D eigenvalue weighted by molar-refractivity contribution is -0.118. The van der Waals surface area contributed by atoms with E-state index in [9.17, 15) is 14.0 Å². The summed E-state index contributed by atoms with van der Waals surface area (Å²) in [4.78, 5) is 26.5. The first-order valence-corrected chi connectivity index (χ1v) is 11.5. The molecule has 0 spiro atoms. The second-order valence-electron chi connectivity index (χ2n) is 9.31. The SMILES string of the molecule is CC1(C)CC(=O)C2=C(C1)Nc1c(C(=O)Nc3ccc(F)cc3)cnn1C2c1c(Cl)cccc1Cl. The third-order valence-electron chi connectivity index (χ3n) is 6.12. The van der Waals surface area contributed by atoms with Gasteiger partial charge in [0.2, 0.25) is 0 Å². The Labute approximate surface area is 205 Å². The predicted octanol–water partition coefficient (Wildman–Crippen LogP) is 6.24. The van der Waals surface area contributed by atoms with Crippen LogP contribution in [0.1, 0.15) is 48.7 Å². The number of benzene rings is 2. The van der Waals surface area contributed by atoms with E-state index in [0.29, 0.717) is 45.5 Å². The maximum Gasteiger partial charge on any atom is 0.261 e. The van der Waals surface area contributed by atoms with Gasteiger partial charge in [-0.05, 0) is 48.2 Å². The highest BCUT2D eigenvalue weighted by molar-refractivity contribution is 6.36. The maximum absolute atomic E-state index is 13.3. The molecule has 2 heterocycles. The van der Waals surface area contributed by atoms with Crippen LogP contribution in [-0.4, -0.2) is 21.5 Å². The van der Waals surface area contributed by atoms with Crippen LogP contribution in [-0.2, 0) is 4.79 Å². The Morgan fingerprint density at radius 1 is 1.15 bits per heavy atom. The Balaban J connectivity index is 1.63. The number of anilines is 2. The van der Waals surface area contributed by atoms with Gasteiger partial charge in [0.05, 0.1) is 6.20 Å². The smallest absolute Gasteiger partial charge is 0.261 e. The number of Topliss-reactive ketones (excluding diaryl/α,β-unsaturated/α-hetero) is 1. The minimum atomic E-state index is -0.677. The number of hydrogen-bond donors (Lipinski definition) is 2. The summed E-state index contributed by atoms with van der Waals surface area (Å²) in [6, 6.07) is 9.98. The van der Waals surface area contributed by atoms with E-state index in [1.807, 2.05) is 13.8 Å². The van der Waals surface area contributed by atoms with E-state index >= 15 is 0 Å². The molecule has 1 unspecified atom stereocenters. The van der Waals surface area contributed by atoms with Crippen molar-refractivity contribution in [3.05, 3.63) is 86.9 Å². The molecule has 0 bridgehead atoms. The second-order valence-corrected chi connectivity index (χ2v) is 10.1. The van der Waals surface area contributed by atoms with Gasteiger partial charge in [0, 0.05) is 39.0 Å². The van der Waals surface area contributed by atoms with Gasteiger partial charge in [-0.2, -0.15) is 5.10 Å². The number of rotatable bonds is 3. The van der Waals surface area contributed by atoms with Crippen molar-refractivity contribution in [2.24, 2.45) is 5.41 Å². The Morgan fingerprint density at radius 3 is 2.50 bits per heavy atom. The number of carbonyl (C=O) groups excluding carboxylic acids is 2. The summed E-state index contributed by atoms with van der Waals surface area (Å²) in [5, 5.41) is 11.3. The van der Waals surface area contributed by atoms with Gasteiger partial charge in [-0.25, -0.2) is 9.07 Å². The highest BCUT2D eigenvalue weighted by atomic mass is 35.5. The Bertz CT molecular complexity index is 1340. The number of hydrogen-bond acceptors (Lipinski definition) is 4. The lowest BCUT2D eigenvalue weighted by Crippen LogP contribution is -2.37. The minimum Gasteiger partial charge on any atom is -0.343 e. The molecule has 1 aliphatic heterocycles. The van der Waals surface area contributed by atoms with E-state index in [-0.39, 0.29) is 16.8 Å². The Kier molecular flexibility index (Phi) is 5.49. The highest BCUT2D eigenvalue weighted by Crippen LogP contribution is 2.48. The van der Waals surface area contributed by atoms with Crippen molar-refractivity contribution in [1.82, 2.24) is 9.78 Å². The molecule has 174 valence electrons. The zero-order chi connectivity index (χ0) is 24.2. The van der Waals surface area contributed by atoms with Gasteiger partial charge in [-0.1, -0.05) is 43.1 Å². The zero-order valence-corrected chi connectivity index (χ0v) is 20.0. The van der Waals surface area contributed by atoms with E-state index in [0.717, 1.165) is 5.70 Å². The summed E-state index contributed by atoms with van der Waals surface area (Å²) in [6.45, 7) is 4.06. The monoisotopic (exact) mass is 498 g/mol. The van der Waals surface area contributed by atoms with Gasteiger partial charge in [0.25, 0.3) is 5.91 Å². The molecule has 1 aliphatic carbocycles. The second kappa shape index (κ2) is 8.25. The van der Waals surface area contributed by atoms with Crippen molar-refractivity contribution in [3.63, 3.8) is 0 Å². The topological polar surface area (TPSA) is 76.0 Å². The number of carbonyl (C=O) groups is 2. The van der Waals surface area contributed by atoms with Crippen LogP contribution in [0.5, 0.6) is 0 Å². The fourth-order valence-corrected chi connectivity index (χ4v) is 5.25. The molecule has 0 saturated heterocycles. The quantitative estimate of drug-likeness (QED) is 0.448. The normalized spacial score (nSPS) is 18.7. The van der Waals surface area contributed by atoms with Crippen molar-refractivity contribution in [2.45, 2.75) is 32.7 Å². The van der Waals surface area contributed by atoms with Gasteiger partial charge in [-0.3, -0.25) is 9.59 Å². The van der Waals surface area contributed by atoms with Crippen molar-refractivity contribution in [1.29, 1.82) is 0 Å². The van der Waals surface area contributed by atoms with Crippen LogP contribution in [0.2, 0.25) is 10.0 Å². The molecule has 0 saturated carbocycles. The van der Waals surface area contributed by atoms with Gasteiger partial charge in [-0.15, -0.1) is 0 Å². The van der Waals surface area contributed by atoms with Crippen molar-refractivity contribution >= 4 is 46.4 Å². The summed E-state index contributed by atoms with van der Waals surface area (Å²) >= 11 is 13.1. The molecule has 6 nitrogen and oxygen atoms in total. The molecule has 2 aliphatic rings. The molecule has 9 heteroatoms. The summed E-state index contributed by atoms with van der Waals surface area (Å²) in [5.41, 5.74) is 2.31. The van der Waals surface area contributed by atoms with E-state index in [1.54, 1.807) is 22.9 Å². The van der Waals surface area contributed by atoms with Crippen molar-refractivity contribution in [2.75, 3.05) is 10.6 Å². The van der Waals surface area contributed by atoms with Crippen LogP contribution in [0.4, 0.5) is 15.9 Å². The minimum absolute atomic E-state index is 0.0156. The number of aromatic nitrogens is 2. The average molecular weight is 499 g/mol. The van der Waals surface area contributed by atoms with E-state index in [2.05, 4.69) is 15.7 Å². The van der Waals surface area contributed by atoms with Crippen LogP contribution in [0.3, 0.4) is 0 Å². The molecule has 1 atom stereocenters. The van der Waals surface area contributed by atoms with Gasteiger partial charge < -0.3 is 10.6 Å². The number of fused-ring (bicyclic) bond motifs is 1. The summed E-state index contributed by atoms with van der Waals surface area (Å²) < 4.78 is 14.8. The first-order valence-electron chi connectivity index (χ1n) is 10.8. The van der Waals surface area contributed by atoms with Crippen LogP contribution in [0.25, 0.3) is 0 Å². The third-order valence-corrected chi connectivity index (χ3v) is 6.78. The molecule has 1 aromatic heterocycles. The first-order chi connectivity index (χ1) is 16.1. The maximum atomic E-state index is 13.3. The van der Waals surface area contributed by atoms with Gasteiger partial charge >= 0.3 is 0 Å². The number of halogens is 3. The molecular formula is C25H21Cl2FN4O2. The Morgan fingerprint density at radius 2 is 1.82 bits per heavy atom. The number of ketones is 1. The summed E-state index contributed by atoms with van der Waals surface area (Å²) in [7, 11) is 0. The average Bonchev–Trinajstić information content (AvgIpc) is 3.17. The summed E-state index contributed by atoms with van der Waals surface area (Å²) in [5.74, 6) is -0.399. The van der Waals surface area contributed by atoms with Crippen molar-refractivity contribution < 1.29 is 14.0 Å². The number of allylic oxidation sites excluding steroid dienone is 2. The molecular weight excluding hydrogens is 478 g/mol. The van der Waals surface area contributed by atoms with Crippen LogP contribution >= 0.6 is 23.2 Å². The molecule has 3 aromatic rings. The molecule has 2 N–H and O–H groups in total. The number of nitrogens with zero attached hydrogens (tertiary/aromatic N) is 2. The number of amides is 1. The molecule has 2 aromatic carbocycles. The molecule has 34 heavy (non-hydrogen) atoms. The van der Waals surface area contributed by atoms with E-state index in [4.69, 9.17) is 23.2 Å². The van der Waals surface area contributed by atoms with Gasteiger partial charge in [0.15, 0.2) is 5.78 Å². The molecule has 0 fully saturated rings. The van der Waals surface area contributed by atoms with Crippen LogP contribution in [0, 0.1) is 11.2 Å². The molecule has 1 amide bonds. The standard InChI is InChI=1S/C25H21Cl2FN4O2/c1-25(2)10-18-21(19(33)11-25)22(20-16(26)4-3-5-17(20)27)32-23(31-18)15(12-29-32)24(34)30-14-8-6-13(28)7-9-14/h3-9,12,22,31H,10-11H2,1-2H3,(H,30,34).